The Labute approximate surface area is 150 Å². The topological polar surface area (TPSA) is 68.3 Å². The molecule has 3 aromatic rings. The lowest BCUT2D eigenvalue weighted by atomic mass is 10.00. The fraction of sp³-hybridized carbons (Fsp3) is 0.0952. The number of hydrogen-bond donors (Lipinski definition) is 1. The number of carbonyl (C=O) groups is 2. The summed E-state index contributed by atoms with van der Waals surface area (Å²) in [7, 11) is 0. The van der Waals surface area contributed by atoms with E-state index in [9.17, 15) is 9.59 Å². The van der Waals surface area contributed by atoms with Gasteiger partial charge in [-0.2, -0.15) is 0 Å². The number of pyridine rings is 1. The molecular formula is C21H16N2O3. The number of esters is 1. The summed E-state index contributed by atoms with van der Waals surface area (Å²) in [6.45, 7) is 0.330. The van der Waals surface area contributed by atoms with Gasteiger partial charge in [0.05, 0.1) is 12.3 Å². The molecule has 0 aliphatic carbocycles. The van der Waals surface area contributed by atoms with Gasteiger partial charge in [0.1, 0.15) is 11.4 Å². The summed E-state index contributed by atoms with van der Waals surface area (Å²) in [5.74, 6) is -0.537. The van der Waals surface area contributed by atoms with Crippen molar-refractivity contribution in [3.63, 3.8) is 0 Å². The first kappa shape index (κ1) is 16.0. The first-order valence-electron chi connectivity index (χ1n) is 8.35. The number of carbonyl (C=O) groups excluding carboxylic acids is 2. The van der Waals surface area contributed by atoms with Crippen LogP contribution in [0.1, 0.15) is 26.3 Å². The van der Waals surface area contributed by atoms with Gasteiger partial charge < -0.3 is 10.1 Å². The zero-order chi connectivity index (χ0) is 17.9. The van der Waals surface area contributed by atoms with Gasteiger partial charge in [-0.15, -0.1) is 0 Å². The predicted octanol–water partition coefficient (Wildman–Crippen LogP) is 3.71. The Bertz CT molecular complexity index is 969. The number of anilines is 1. The Morgan fingerprint density at radius 3 is 2.42 bits per heavy atom. The fourth-order valence-corrected chi connectivity index (χ4v) is 2.97. The molecule has 128 valence electrons. The van der Waals surface area contributed by atoms with Gasteiger partial charge in [0.15, 0.2) is 0 Å². The first-order valence-corrected chi connectivity index (χ1v) is 8.35. The molecule has 1 N–H and O–H groups in total. The molecule has 2 aromatic carbocycles. The van der Waals surface area contributed by atoms with Crippen LogP contribution in [0, 0.1) is 0 Å². The van der Waals surface area contributed by atoms with Gasteiger partial charge in [-0.25, -0.2) is 9.78 Å². The maximum Gasteiger partial charge on any atom is 0.342 e. The number of fused-ring (bicyclic) bond motifs is 1. The second kappa shape index (κ2) is 6.80. The van der Waals surface area contributed by atoms with Crippen LogP contribution in [0.2, 0.25) is 0 Å². The van der Waals surface area contributed by atoms with Crippen molar-refractivity contribution >= 4 is 17.7 Å². The van der Waals surface area contributed by atoms with Crippen LogP contribution in [0.4, 0.5) is 5.82 Å². The van der Waals surface area contributed by atoms with Gasteiger partial charge in [-0.1, -0.05) is 48.5 Å². The molecule has 0 atom stereocenters. The molecule has 5 heteroatoms. The van der Waals surface area contributed by atoms with Gasteiger partial charge in [0, 0.05) is 17.5 Å². The summed E-state index contributed by atoms with van der Waals surface area (Å²) < 4.78 is 5.15. The largest absolute Gasteiger partial charge is 0.462 e. The Kier molecular flexibility index (Phi) is 4.19. The zero-order valence-corrected chi connectivity index (χ0v) is 13.9. The average molecular weight is 344 g/mol. The Morgan fingerprint density at radius 2 is 1.69 bits per heavy atom. The number of ether oxygens (including phenoxy) is 1. The van der Waals surface area contributed by atoms with Crippen molar-refractivity contribution in [2.45, 2.75) is 6.42 Å². The smallest absolute Gasteiger partial charge is 0.342 e. The van der Waals surface area contributed by atoms with Crippen molar-refractivity contribution in [3.8, 4) is 11.3 Å². The van der Waals surface area contributed by atoms with Crippen molar-refractivity contribution in [3.05, 3.63) is 83.4 Å². The van der Waals surface area contributed by atoms with Gasteiger partial charge >= 0.3 is 5.97 Å². The highest BCUT2D eigenvalue weighted by molar-refractivity contribution is 6.08. The van der Waals surface area contributed by atoms with E-state index in [0.29, 0.717) is 29.8 Å². The average Bonchev–Trinajstić information content (AvgIpc) is 2.69. The number of amides is 1. The number of hydrogen-bond acceptors (Lipinski definition) is 4. The molecule has 1 amide bonds. The van der Waals surface area contributed by atoms with E-state index in [1.807, 2.05) is 42.5 Å². The van der Waals surface area contributed by atoms with Gasteiger partial charge in [0.2, 0.25) is 0 Å². The summed E-state index contributed by atoms with van der Waals surface area (Å²) in [5.41, 5.74) is 3.29. The van der Waals surface area contributed by atoms with Gasteiger partial charge in [-0.05, 0) is 23.8 Å². The van der Waals surface area contributed by atoms with Crippen molar-refractivity contribution in [2.24, 2.45) is 0 Å². The fourth-order valence-electron chi connectivity index (χ4n) is 2.97. The van der Waals surface area contributed by atoms with E-state index in [-0.39, 0.29) is 11.7 Å². The van der Waals surface area contributed by atoms with E-state index in [4.69, 9.17) is 4.74 Å². The van der Waals surface area contributed by atoms with E-state index in [1.54, 1.807) is 24.3 Å². The maximum atomic E-state index is 12.6. The van der Waals surface area contributed by atoms with E-state index >= 15 is 0 Å². The third kappa shape index (κ3) is 3.07. The molecule has 4 rings (SSSR count). The number of nitrogens with one attached hydrogen (secondary N) is 1. The molecule has 0 unspecified atom stereocenters. The van der Waals surface area contributed by atoms with Crippen molar-refractivity contribution in [2.75, 3.05) is 11.9 Å². The van der Waals surface area contributed by atoms with Crippen molar-refractivity contribution in [1.82, 2.24) is 4.98 Å². The van der Waals surface area contributed by atoms with Crippen LogP contribution >= 0.6 is 0 Å². The molecule has 1 aromatic heterocycles. The van der Waals surface area contributed by atoms with E-state index < -0.39 is 5.97 Å². The number of benzene rings is 2. The standard InChI is InChI=1S/C21H16N2O3/c24-20(15-9-5-2-6-10-15)23-19-18-16(11-12-26-21(18)25)13-17(22-19)14-7-3-1-4-8-14/h1-10,13H,11-12H2,(H,22,23,24). The molecule has 1 aliphatic heterocycles. The molecule has 0 saturated heterocycles. The number of nitrogens with zero attached hydrogens (tertiary/aromatic N) is 1. The molecule has 26 heavy (non-hydrogen) atoms. The lowest BCUT2D eigenvalue weighted by Gasteiger charge is -2.20. The summed E-state index contributed by atoms with van der Waals surface area (Å²) in [4.78, 5) is 29.3. The maximum absolute atomic E-state index is 12.6. The minimum atomic E-state index is -0.457. The molecule has 0 fully saturated rings. The lowest BCUT2D eigenvalue weighted by molar-refractivity contribution is 0.0481. The summed E-state index contributed by atoms with van der Waals surface area (Å²) in [6, 6.07) is 20.4. The zero-order valence-electron chi connectivity index (χ0n) is 13.9. The van der Waals surface area contributed by atoms with Crippen LogP contribution in [-0.4, -0.2) is 23.5 Å². The van der Waals surface area contributed by atoms with Crippen LogP contribution in [-0.2, 0) is 11.2 Å². The van der Waals surface area contributed by atoms with E-state index in [2.05, 4.69) is 10.3 Å². The third-order valence-electron chi connectivity index (χ3n) is 4.25. The van der Waals surface area contributed by atoms with Crippen molar-refractivity contribution in [1.29, 1.82) is 0 Å². The minimum absolute atomic E-state index is 0.236. The normalized spacial score (nSPS) is 12.8. The van der Waals surface area contributed by atoms with Crippen LogP contribution in [0.5, 0.6) is 0 Å². The monoisotopic (exact) mass is 344 g/mol. The van der Waals surface area contributed by atoms with Crippen LogP contribution in [0.3, 0.4) is 0 Å². The lowest BCUT2D eigenvalue weighted by Crippen LogP contribution is -2.23. The second-order valence-electron chi connectivity index (χ2n) is 5.96. The van der Waals surface area contributed by atoms with Crippen LogP contribution < -0.4 is 5.32 Å². The third-order valence-corrected chi connectivity index (χ3v) is 4.25. The first-order chi connectivity index (χ1) is 12.7. The van der Waals surface area contributed by atoms with Crippen molar-refractivity contribution < 1.29 is 14.3 Å². The molecule has 0 bridgehead atoms. The number of rotatable bonds is 3. The van der Waals surface area contributed by atoms with Gasteiger partial charge in [-0.3, -0.25) is 4.79 Å². The second-order valence-corrected chi connectivity index (χ2v) is 5.96. The molecular weight excluding hydrogens is 328 g/mol. The van der Waals surface area contributed by atoms with Crippen LogP contribution in [0.15, 0.2) is 66.7 Å². The summed E-state index contributed by atoms with van der Waals surface area (Å²) >= 11 is 0. The predicted molar refractivity (Wildman–Crippen MR) is 98.1 cm³/mol. The Morgan fingerprint density at radius 1 is 1.00 bits per heavy atom. The van der Waals surface area contributed by atoms with Gasteiger partial charge in [0.25, 0.3) is 5.91 Å². The Balaban J connectivity index is 1.79. The number of cyclic esters (lactones) is 1. The molecule has 1 aliphatic rings. The molecule has 2 heterocycles. The van der Waals surface area contributed by atoms with Crippen LogP contribution in [0.25, 0.3) is 11.3 Å². The highest BCUT2D eigenvalue weighted by Gasteiger charge is 2.26. The number of aromatic nitrogens is 1. The molecule has 0 spiro atoms. The molecule has 5 nitrogen and oxygen atoms in total. The minimum Gasteiger partial charge on any atom is -0.462 e. The molecule has 0 saturated carbocycles. The highest BCUT2D eigenvalue weighted by Crippen LogP contribution is 2.29. The quantitative estimate of drug-likeness (QED) is 0.736. The summed E-state index contributed by atoms with van der Waals surface area (Å²) in [6.07, 6.45) is 0.595. The molecule has 0 radical (unpaired) electrons. The Hall–Kier alpha value is -3.47. The highest BCUT2D eigenvalue weighted by atomic mass is 16.5. The SMILES string of the molecule is O=C(Nc1nc(-c2ccccc2)cc2c1C(=O)OCC2)c1ccccc1. The van der Waals surface area contributed by atoms with E-state index in [0.717, 1.165) is 11.1 Å². The van der Waals surface area contributed by atoms with E-state index in [1.165, 1.54) is 0 Å². The summed E-state index contributed by atoms with van der Waals surface area (Å²) in [5, 5.41) is 2.78.